The predicted molar refractivity (Wildman–Crippen MR) is 55.0 cm³/mol. The number of ether oxygens (including phenoxy) is 2. The van der Waals surface area contributed by atoms with Crippen LogP contribution in [-0.4, -0.2) is 51.0 Å². The number of nitrogens with zero attached hydrogens (tertiary/aromatic N) is 1. The molecule has 13 heavy (non-hydrogen) atoms. The van der Waals surface area contributed by atoms with Crippen LogP contribution in [0.4, 0.5) is 0 Å². The second kappa shape index (κ2) is 6.35. The zero-order valence-corrected chi connectivity index (χ0v) is 9.70. The third-order valence-corrected chi connectivity index (χ3v) is 2.59. The molecule has 3 heteroatoms. The molecule has 0 saturated carbocycles. The summed E-state index contributed by atoms with van der Waals surface area (Å²) < 4.78 is 10.5. The molecule has 0 heterocycles. The van der Waals surface area contributed by atoms with Gasteiger partial charge in [0.05, 0.1) is 18.8 Å². The molecule has 0 amide bonds. The molecule has 0 N–H and O–H groups in total. The third kappa shape index (κ3) is 4.07. The Hall–Kier alpha value is -0.120. The van der Waals surface area contributed by atoms with Gasteiger partial charge < -0.3 is 9.47 Å². The maximum absolute atomic E-state index is 5.31. The first-order chi connectivity index (χ1) is 6.04. The van der Waals surface area contributed by atoms with Crippen LogP contribution in [0.25, 0.3) is 0 Å². The van der Waals surface area contributed by atoms with Crippen molar-refractivity contribution in [3.05, 3.63) is 0 Å². The van der Waals surface area contributed by atoms with Gasteiger partial charge in [-0.25, -0.2) is 0 Å². The Bertz CT molecular complexity index is 128. The summed E-state index contributed by atoms with van der Waals surface area (Å²) in [6.45, 7) is 7.13. The highest BCUT2D eigenvalue weighted by Crippen LogP contribution is 2.09. The van der Waals surface area contributed by atoms with Crippen molar-refractivity contribution in [3.63, 3.8) is 0 Å². The fourth-order valence-electron chi connectivity index (χ4n) is 1.30. The Kier molecular flexibility index (Phi) is 6.29. The van der Waals surface area contributed by atoms with Gasteiger partial charge in [-0.1, -0.05) is 0 Å². The highest BCUT2D eigenvalue weighted by atomic mass is 16.5. The van der Waals surface area contributed by atoms with E-state index in [0.29, 0.717) is 18.7 Å². The number of likely N-dealkylation sites (N-methyl/N-ethyl adjacent to an activating group) is 1. The van der Waals surface area contributed by atoms with Crippen LogP contribution >= 0.6 is 0 Å². The van der Waals surface area contributed by atoms with Gasteiger partial charge in [-0.3, -0.25) is 4.90 Å². The van der Waals surface area contributed by atoms with Crippen LogP contribution in [0.1, 0.15) is 20.8 Å². The number of rotatable bonds is 6. The molecule has 3 nitrogen and oxygen atoms in total. The van der Waals surface area contributed by atoms with Gasteiger partial charge in [0.25, 0.3) is 0 Å². The molecule has 0 fully saturated rings. The lowest BCUT2D eigenvalue weighted by atomic mass is 10.1. The van der Waals surface area contributed by atoms with E-state index in [1.165, 1.54) is 0 Å². The molecule has 0 aromatic heterocycles. The van der Waals surface area contributed by atoms with Crippen LogP contribution in [0.5, 0.6) is 0 Å². The first-order valence-electron chi connectivity index (χ1n) is 4.78. The smallest absolute Gasteiger partial charge is 0.0720 e. The lowest BCUT2D eigenvalue weighted by Gasteiger charge is -2.34. The predicted octanol–water partition coefficient (Wildman–Crippen LogP) is 1.38. The molecule has 0 rings (SSSR count). The third-order valence-electron chi connectivity index (χ3n) is 2.59. The first kappa shape index (κ1) is 12.9. The van der Waals surface area contributed by atoms with Gasteiger partial charge in [0, 0.05) is 20.3 Å². The van der Waals surface area contributed by atoms with Crippen molar-refractivity contribution in [3.8, 4) is 0 Å². The molecule has 80 valence electrons. The van der Waals surface area contributed by atoms with Crippen LogP contribution < -0.4 is 0 Å². The highest BCUT2D eigenvalue weighted by Gasteiger charge is 2.23. The average molecular weight is 189 g/mol. The summed E-state index contributed by atoms with van der Waals surface area (Å²) in [6, 6.07) is 0.841. The Morgan fingerprint density at radius 2 is 1.69 bits per heavy atom. The standard InChI is InChI=1S/C10H23NO2/c1-8(2)11(4)10(7-12-5)9(3)13-6/h8-10H,7H2,1-6H3. The Labute approximate surface area is 82.0 Å². The molecule has 2 unspecified atom stereocenters. The first-order valence-corrected chi connectivity index (χ1v) is 4.78. The van der Waals surface area contributed by atoms with E-state index in [1.54, 1.807) is 14.2 Å². The number of methoxy groups -OCH3 is 2. The van der Waals surface area contributed by atoms with Gasteiger partial charge in [0.1, 0.15) is 0 Å². The van der Waals surface area contributed by atoms with Crippen molar-refractivity contribution >= 4 is 0 Å². The zero-order valence-electron chi connectivity index (χ0n) is 9.70. The van der Waals surface area contributed by atoms with E-state index in [9.17, 15) is 0 Å². The van der Waals surface area contributed by atoms with Gasteiger partial charge >= 0.3 is 0 Å². The van der Waals surface area contributed by atoms with Crippen molar-refractivity contribution in [2.24, 2.45) is 0 Å². The minimum Gasteiger partial charge on any atom is -0.383 e. The van der Waals surface area contributed by atoms with Gasteiger partial charge in [0.15, 0.2) is 0 Å². The van der Waals surface area contributed by atoms with Crippen LogP contribution in [0.3, 0.4) is 0 Å². The molecule has 0 saturated heterocycles. The maximum Gasteiger partial charge on any atom is 0.0720 e. The van der Waals surface area contributed by atoms with Gasteiger partial charge in [0.2, 0.25) is 0 Å². The summed E-state index contributed by atoms with van der Waals surface area (Å²) in [7, 11) is 5.56. The van der Waals surface area contributed by atoms with Crippen LogP contribution in [0, 0.1) is 0 Å². The van der Waals surface area contributed by atoms with Gasteiger partial charge in [-0.2, -0.15) is 0 Å². The minimum atomic E-state index is 0.201. The summed E-state index contributed by atoms with van der Waals surface area (Å²) in [6.07, 6.45) is 0.201. The largest absolute Gasteiger partial charge is 0.383 e. The molecule has 2 atom stereocenters. The maximum atomic E-state index is 5.31. The lowest BCUT2D eigenvalue weighted by molar-refractivity contribution is -0.0120. The van der Waals surface area contributed by atoms with Gasteiger partial charge in [-0.15, -0.1) is 0 Å². The second-order valence-electron chi connectivity index (χ2n) is 3.72. The second-order valence-corrected chi connectivity index (χ2v) is 3.72. The summed E-state index contributed by atoms with van der Waals surface area (Å²) in [5.41, 5.74) is 0. The average Bonchev–Trinajstić information content (AvgIpc) is 2.11. The lowest BCUT2D eigenvalue weighted by Crippen LogP contribution is -2.47. The van der Waals surface area contributed by atoms with Crippen molar-refractivity contribution in [1.29, 1.82) is 0 Å². The van der Waals surface area contributed by atoms with E-state index < -0.39 is 0 Å². The van der Waals surface area contributed by atoms with Crippen LogP contribution in [0.2, 0.25) is 0 Å². The Morgan fingerprint density at radius 1 is 1.15 bits per heavy atom. The SMILES string of the molecule is COCC(C(C)OC)N(C)C(C)C. The van der Waals surface area contributed by atoms with Crippen molar-refractivity contribution in [2.75, 3.05) is 27.9 Å². The minimum absolute atomic E-state index is 0.201. The van der Waals surface area contributed by atoms with Crippen LogP contribution in [-0.2, 0) is 9.47 Å². The quantitative estimate of drug-likeness (QED) is 0.630. The highest BCUT2D eigenvalue weighted by molar-refractivity contribution is 4.76. The van der Waals surface area contributed by atoms with Crippen molar-refractivity contribution in [2.45, 2.75) is 39.0 Å². The van der Waals surface area contributed by atoms with Crippen molar-refractivity contribution in [1.82, 2.24) is 4.90 Å². The fraction of sp³-hybridized carbons (Fsp3) is 1.00. The monoisotopic (exact) mass is 189 g/mol. The zero-order chi connectivity index (χ0) is 10.4. The van der Waals surface area contributed by atoms with E-state index >= 15 is 0 Å². The van der Waals surface area contributed by atoms with Gasteiger partial charge in [-0.05, 0) is 27.8 Å². The van der Waals surface area contributed by atoms with E-state index in [4.69, 9.17) is 9.47 Å². The molecule has 0 aliphatic carbocycles. The molecule has 0 aromatic rings. The Morgan fingerprint density at radius 3 is 2.00 bits per heavy atom. The molecule has 0 aliphatic heterocycles. The van der Waals surface area contributed by atoms with E-state index in [2.05, 4.69) is 32.7 Å². The summed E-state index contributed by atoms with van der Waals surface area (Å²) in [5.74, 6) is 0. The van der Waals surface area contributed by atoms with E-state index in [0.717, 1.165) is 0 Å². The summed E-state index contributed by atoms with van der Waals surface area (Å²) in [5, 5.41) is 0. The molecule has 0 aromatic carbocycles. The number of hydrogen-bond donors (Lipinski definition) is 0. The molecule has 0 radical (unpaired) electrons. The fourth-order valence-corrected chi connectivity index (χ4v) is 1.30. The van der Waals surface area contributed by atoms with E-state index in [-0.39, 0.29) is 6.10 Å². The molecule has 0 aliphatic rings. The van der Waals surface area contributed by atoms with E-state index in [1.807, 2.05) is 0 Å². The number of hydrogen-bond acceptors (Lipinski definition) is 3. The molecular weight excluding hydrogens is 166 g/mol. The molecular formula is C10H23NO2. The van der Waals surface area contributed by atoms with Crippen LogP contribution in [0.15, 0.2) is 0 Å². The van der Waals surface area contributed by atoms with Crippen molar-refractivity contribution < 1.29 is 9.47 Å². The molecule has 0 spiro atoms. The Balaban J connectivity index is 4.22. The summed E-state index contributed by atoms with van der Waals surface area (Å²) >= 11 is 0. The normalized spacial score (nSPS) is 16.6. The molecule has 0 bridgehead atoms. The topological polar surface area (TPSA) is 21.7 Å². The summed E-state index contributed by atoms with van der Waals surface area (Å²) in [4.78, 5) is 2.28.